The van der Waals surface area contributed by atoms with Gasteiger partial charge in [0.05, 0.1) is 0 Å². The number of rotatable bonds is 5. The first-order chi connectivity index (χ1) is 8.71. The molecule has 1 spiro atoms. The Kier molecular flexibility index (Phi) is 2.73. The van der Waals surface area contributed by atoms with E-state index in [4.69, 9.17) is 0 Å². The van der Waals surface area contributed by atoms with Crippen LogP contribution in [0.3, 0.4) is 0 Å². The van der Waals surface area contributed by atoms with Gasteiger partial charge in [0.15, 0.2) is 0 Å². The van der Waals surface area contributed by atoms with Gasteiger partial charge in [-0.2, -0.15) is 0 Å². The minimum atomic E-state index is 0.251. The maximum atomic E-state index is 11.8. The molecule has 2 aliphatic carbocycles. The van der Waals surface area contributed by atoms with Crippen molar-refractivity contribution in [2.45, 2.75) is 26.2 Å². The fourth-order valence-electron chi connectivity index (χ4n) is 2.61. The summed E-state index contributed by atoms with van der Waals surface area (Å²) < 4.78 is 0. The highest BCUT2D eigenvalue weighted by Crippen LogP contribution is 2.70. The highest BCUT2D eigenvalue weighted by molar-refractivity contribution is 5.83. The van der Waals surface area contributed by atoms with Crippen molar-refractivity contribution < 1.29 is 4.79 Å². The zero-order chi connectivity index (χ0) is 12.6. The van der Waals surface area contributed by atoms with Gasteiger partial charge in [-0.05, 0) is 43.2 Å². The molecule has 0 radical (unpaired) electrons. The van der Waals surface area contributed by atoms with Gasteiger partial charge in [-0.15, -0.1) is 0 Å². The molecule has 18 heavy (non-hydrogen) atoms. The summed E-state index contributed by atoms with van der Waals surface area (Å²) in [6, 6.07) is 1.96. The van der Waals surface area contributed by atoms with Crippen molar-refractivity contribution in [3.8, 4) is 0 Å². The summed E-state index contributed by atoms with van der Waals surface area (Å²) in [4.78, 5) is 15.8. The fourth-order valence-corrected chi connectivity index (χ4v) is 2.61. The average molecular weight is 245 g/mol. The number of carbonyl (C=O) groups is 1. The molecule has 0 unspecified atom stereocenters. The lowest BCUT2D eigenvalue weighted by Crippen LogP contribution is -2.30. The molecule has 0 aromatic carbocycles. The minimum Gasteiger partial charge on any atom is -0.383 e. The molecule has 0 bridgehead atoms. The highest BCUT2D eigenvalue weighted by Gasteiger charge is 2.65. The van der Waals surface area contributed by atoms with Crippen molar-refractivity contribution in [3.05, 3.63) is 24.0 Å². The standard InChI is InChI=1S/C14H19N3O/c1-10-9-15-5-2-12(10)16-6-7-17-13(18)11-8-14(11)3-4-14/h2,5,9,11H,3-4,6-8H2,1H3,(H,15,16)(H,17,18)/t11-/m0/s1. The van der Waals surface area contributed by atoms with E-state index in [1.807, 2.05) is 19.2 Å². The van der Waals surface area contributed by atoms with E-state index in [0.29, 0.717) is 17.9 Å². The third kappa shape index (κ3) is 2.19. The van der Waals surface area contributed by atoms with Gasteiger partial charge in [-0.3, -0.25) is 9.78 Å². The Bertz CT molecular complexity index is 468. The largest absolute Gasteiger partial charge is 0.383 e. The van der Waals surface area contributed by atoms with Crippen molar-refractivity contribution in [1.82, 2.24) is 10.3 Å². The number of aromatic nitrogens is 1. The summed E-state index contributed by atoms with van der Waals surface area (Å²) in [5, 5.41) is 6.32. The number of hydrogen-bond donors (Lipinski definition) is 2. The predicted molar refractivity (Wildman–Crippen MR) is 70.2 cm³/mol. The van der Waals surface area contributed by atoms with Crippen LogP contribution in [-0.4, -0.2) is 24.0 Å². The third-order valence-corrected chi connectivity index (χ3v) is 4.16. The number of nitrogens with zero attached hydrogens (tertiary/aromatic N) is 1. The molecular formula is C14H19N3O. The Morgan fingerprint density at radius 3 is 3.00 bits per heavy atom. The number of amides is 1. The summed E-state index contributed by atoms with van der Waals surface area (Å²) in [7, 11) is 0. The lowest BCUT2D eigenvalue weighted by Gasteiger charge is -2.09. The highest BCUT2D eigenvalue weighted by atomic mass is 16.2. The zero-order valence-corrected chi connectivity index (χ0v) is 10.7. The average Bonchev–Trinajstić information content (AvgIpc) is 3.28. The molecule has 1 heterocycles. The second-order valence-electron chi connectivity index (χ2n) is 5.53. The van der Waals surface area contributed by atoms with Crippen LogP contribution < -0.4 is 10.6 Å². The summed E-state index contributed by atoms with van der Waals surface area (Å²) >= 11 is 0. The number of anilines is 1. The van der Waals surface area contributed by atoms with E-state index in [1.54, 1.807) is 6.20 Å². The van der Waals surface area contributed by atoms with Crippen LogP contribution in [0.2, 0.25) is 0 Å². The van der Waals surface area contributed by atoms with E-state index in [2.05, 4.69) is 15.6 Å². The zero-order valence-electron chi connectivity index (χ0n) is 10.7. The van der Waals surface area contributed by atoms with Crippen molar-refractivity contribution in [3.63, 3.8) is 0 Å². The molecule has 1 aromatic heterocycles. The maximum absolute atomic E-state index is 11.8. The van der Waals surface area contributed by atoms with Crippen molar-refractivity contribution in [2.75, 3.05) is 18.4 Å². The molecule has 1 amide bonds. The first-order valence-electron chi connectivity index (χ1n) is 6.63. The Morgan fingerprint density at radius 2 is 2.33 bits per heavy atom. The third-order valence-electron chi connectivity index (χ3n) is 4.16. The summed E-state index contributed by atoms with van der Waals surface area (Å²) in [6.07, 6.45) is 7.26. The van der Waals surface area contributed by atoms with E-state index in [1.165, 1.54) is 12.8 Å². The second-order valence-corrected chi connectivity index (χ2v) is 5.53. The number of pyridine rings is 1. The Labute approximate surface area is 107 Å². The quantitative estimate of drug-likeness (QED) is 0.777. The summed E-state index contributed by atoms with van der Waals surface area (Å²) in [5.74, 6) is 0.570. The molecular weight excluding hydrogens is 226 g/mol. The first kappa shape index (κ1) is 11.5. The molecule has 4 nitrogen and oxygen atoms in total. The summed E-state index contributed by atoms with van der Waals surface area (Å²) in [5.41, 5.74) is 2.67. The predicted octanol–water partition coefficient (Wildman–Crippen LogP) is 1.72. The van der Waals surface area contributed by atoms with Crippen molar-refractivity contribution in [2.24, 2.45) is 11.3 Å². The van der Waals surface area contributed by atoms with Crippen LogP contribution in [0.5, 0.6) is 0 Å². The molecule has 2 aliphatic rings. The van der Waals surface area contributed by atoms with E-state index >= 15 is 0 Å². The van der Waals surface area contributed by atoms with E-state index in [0.717, 1.165) is 24.2 Å². The SMILES string of the molecule is Cc1cnccc1NCCNC(=O)[C@@H]1CC12CC2. The van der Waals surface area contributed by atoms with Crippen molar-refractivity contribution in [1.29, 1.82) is 0 Å². The molecule has 1 aromatic rings. The Balaban J connectivity index is 1.38. The molecule has 2 fully saturated rings. The normalized spacial score (nSPS) is 22.6. The fraction of sp³-hybridized carbons (Fsp3) is 0.571. The number of aryl methyl sites for hydroxylation is 1. The van der Waals surface area contributed by atoms with Gasteiger partial charge >= 0.3 is 0 Å². The Morgan fingerprint density at radius 1 is 1.50 bits per heavy atom. The second kappa shape index (κ2) is 4.26. The van der Waals surface area contributed by atoms with E-state index in [9.17, 15) is 4.79 Å². The monoisotopic (exact) mass is 245 g/mol. The van der Waals surface area contributed by atoms with Gasteiger partial charge in [-0.25, -0.2) is 0 Å². The molecule has 3 rings (SSSR count). The first-order valence-corrected chi connectivity index (χ1v) is 6.63. The van der Waals surface area contributed by atoms with Crippen LogP contribution in [0.4, 0.5) is 5.69 Å². The number of carbonyl (C=O) groups excluding carboxylic acids is 1. The maximum Gasteiger partial charge on any atom is 0.223 e. The van der Waals surface area contributed by atoms with Gasteiger partial charge in [0.1, 0.15) is 0 Å². The molecule has 4 heteroatoms. The molecule has 0 aliphatic heterocycles. The van der Waals surface area contributed by atoms with E-state index in [-0.39, 0.29) is 5.91 Å². The Hall–Kier alpha value is -1.58. The topological polar surface area (TPSA) is 54.0 Å². The van der Waals surface area contributed by atoms with Crippen LogP contribution in [0.25, 0.3) is 0 Å². The molecule has 0 saturated heterocycles. The van der Waals surface area contributed by atoms with Crippen LogP contribution in [0.1, 0.15) is 24.8 Å². The van der Waals surface area contributed by atoms with Crippen LogP contribution >= 0.6 is 0 Å². The van der Waals surface area contributed by atoms with Gasteiger partial charge in [0.25, 0.3) is 0 Å². The van der Waals surface area contributed by atoms with Gasteiger partial charge in [-0.1, -0.05) is 0 Å². The smallest absolute Gasteiger partial charge is 0.223 e. The molecule has 96 valence electrons. The number of hydrogen-bond acceptors (Lipinski definition) is 3. The van der Waals surface area contributed by atoms with Gasteiger partial charge in [0.2, 0.25) is 5.91 Å². The van der Waals surface area contributed by atoms with Crippen LogP contribution in [0.15, 0.2) is 18.5 Å². The minimum absolute atomic E-state index is 0.251. The molecule has 1 atom stereocenters. The van der Waals surface area contributed by atoms with Gasteiger partial charge < -0.3 is 10.6 Å². The van der Waals surface area contributed by atoms with Crippen LogP contribution in [-0.2, 0) is 4.79 Å². The summed E-state index contributed by atoms with van der Waals surface area (Å²) in [6.45, 7) is 3.47. The molecule has 2 saturated carbocycles. The lowest BCUT2D eigenvalue weighted by molar-refractivity contribution is -0.122. The lowest BCUT2D eigenvalue weighted by atomic mass is 10.2. The van der Waals surface area contributed by atoms with Crippen molar-refractivity contribution >= 4 is 11.6 Å². The van der Waals surface area contributed by atoms with Crippen LogP contribution in [0, 0.1) is 18.3 Å². The van der Waals surface area contributed by atoms with E-state index < -0.39 is 0 Å². The van der Waals surface area contributed by atoms with Gasteiger partial charge in [0, 0.05) is 37.1 Å². The number of nitrogens with one attached hydrogen (secondary N) is 2. The molecule has 2 N–H and O–H groups in total.